The van der Waals surface area contributed by atoms with Crippen molar-refractivity contribution < 1.29 is 9.13 Å². The topological polar surface area (TPSA) is 14.2 Å². The smallest absolute Gasteiger partial charge is 0.165 e. The van der Waals surface area contributed by atoms with Crippen molar-refractivity contribution in [2.75, 3.05) is 0 Å². The molecule has 4 heteroatoms. The van der Waals surface area contributed by atoms with Gasteiger partial charge in [-0.3, -0.25) is 0 Å². The first-order chi connectivity index (χ1) is 10.2. The first-order valence-corrected chi connectivity index (χ1v) is 7.22. The molecule has 2 aromatic carbocycles. The summed E-state index contributed by atoms with van der Waals surface area (Å²) in [4.78, 5) is 0. The second-order valence-corrected chi connectivity index (χ2v) is 5.20. The highest BCUT2D eigenvalue weighted by atomic mass is 35.5. The van der Waals surface area contributed by atoms with E-state index < -0.39 is 0 Å². The number of hydrogen-bond donors (Lipinski definition) is 0. The van der Waals surface area contributed by atoms with E-state index in [4.69, 9.17) is 16.3 Å². The average Bonchev–Trinajstić information content (AvgIpc) is 2.86. The number of para-hydroxylation sites is 2. The minimum absolute atomic E-state index is 0.261. The zero-order valence-corrected chi connectivity index (χ0v) is 12.4. The van der Waals surface area contributed by atoms with Crippen molar-refractivity contribution in [3.63, 3.8) is 0 Å². The summed E-state index contributed by atoms with van der Waals surface area (Å²) < 4.78 is 21.3. The van der Waals surface area contributed by atoms with Crippen molar-refractivity contribution in [1.82, 2.24) is 4.57 Å². The molecule has 1 aromatic heterocycles. The molecule has 0 aliphatic rings. The van der Waals surface area contributed by atoms with E-state index in [1.54, 1.807) is 18.2 Å². The van der Waals surface area contributed by atoms with E-state index in [2.05, 4.69) is 11.5 Å². The Morgan fingerprint density at radius 1 is 1.14 bits per heavy atom. The second-order valence-electron chi connectivity index (χ2n) is 4.80. The maximum Gasteiger partial charge on any atom is 0.165 e. The van der Waals surface area contributed by atoms with Crippen molar-refractivity contribution in [3.8, 4) is 5.75 Å². The summed E-state index contributed by atoms with van der Waals surface area (Å²) in [6.45, 7) is 3.19. The van der Waals surface area contributed by atoms with Crippen molar-refractivity contribution in [2.24, 2.45) is 0 Å². The molecule has 0 amide bonds. The molecule has 21 heavy (non-hydrogen) atoms. The van der Waals surface area contributed by atoms with Gasteiger partial charge in [-0.15, -0.1) is 0 Å². The number of aromatic nitrogens is 1. The fraction of sp³-hybridized carbons (Fsp3) is 0.176. The number of nitrogens with zero attached hydrogens (tertiary/aromatic N) is 1. The van der Waals surface area contributed by atoms with Gasteiger partial charge >= 0.3 is 0 Å². The number of fused-ring (bicyclic) bond motifs is 1. The first kappa shape index (κ1) is 14.0. The molecule has 2 nitrogen and oxygen atoms in total. The van der Waals surface area contributed by atoms with Crippen LogP contribution < -0.4 is 4.74 Å². The van der Waals surface area contributed by atoms with Gasteiger partial charge in [0.25, 0.3) is 0 Å². The number of benzene rings is 2. The quantitative estimate of drug-likeness (QED) is 0.659. The van der Waals surface area contributed by atoms with Gasteiger partial charge in [0.15, 0.2) is 11.6 Å². The summed E-state index contributed by atoms with van der Waals surface area (Å²) in [7, 11) is 0. The van der Waals surface area contributed by atoms with Crippen LogP contribution in [0.5, 0.6) is 5.75 Å². The van der Waals surface area contributed by atoms with E-state index in [1.807, 2.05) is 24.4 Å². The van der Waals surface area contributed by atoms with Gasteiger partial charge in [-0.2, -0.15) is 0 Å². The Labute approximate surface area is 127 Å². The lowest BCUT2D eigenvalue weighted by atomic mass is 10.2. The Hall–Kier alpha value is -2.00. The van der Waals surface area contributed by atoms with Gasteiger partial charge in [0.05, 0.1) is 10.5 Å². The van der Waals surface area contributed by atoms with Crippen LogP contribution in [0.3, 0.4) is 0 Å². The van der Waals surface area contributed by atoms with Crippen LogP contribution in [0.2, 0.25) is 5.02 Å². The van der Waals surface area contributed by atoms with E-state index in [0.717, 1.165) is 23.0 Å². The van der Waals surface area contributed by atoms with Crippen LogP contribution >= 0.6 is 11.6 Å². The highest BCUT2D eigenvalue weighted by Crippen LogP contribution is 2.29. The Bertz CT molecular complexity index is 782. The average molecular weight is 304 g/mol. The number of aryl methyl sites for hydroxylation is 1. The van der Waals surface area contributed by atoms with Crippen LogP contribution in [0, 0.1) is 5.82 Å². The molecule has 0 saturated carbocycles. The zero-order chi connectivity index (χ0) is 14.8. The van der Waals surface area contributed by atoms with Crippen molar-refractivity contribution in [2.45, 2.75) is 20.1 Å². The van der Waals surface area contributed by atoms with Crippen LogP contribution in [-0.4, -0.2) is 4.57 Å². The van der Waals surface area contributed by atoms with Crippen LogP contribution in [0.15, 0.2) is 48.7 Å². The fourth-order valence-corrected chi connectivity index (χ4v) is 2.75. The monoisotopic (exact) mass is 303 g/mol. The normalized spacial score (nSPS) is 11.0. The van der Waals surface area contributed by atoms with Crippen LogP contribution in [-0.2, 0) is 13.2 Å². The molecule has 0 bridgehead atoms. The molecule has 3 rings (SSSR count). The van der Waals surface area contributed by atoms with Gasteiger partial charge in [0.1, 0.15) is 6.61 Å². The van der Waals surface area contributed by atoms with Crippen LogP contribution in [0.1, 0.15) is 12.5 Å². The Balaban J connectivity index is 1.95. The fourth-order valence-electron chi connectivity index (χ4n) is 2.47. The number of rotatable bonds is 4. The molecule has 0 unspecified atom stereocenters. The molecule has 0 saturated heterocycles. The number of ether oxygens (including phenoxy) is 1. The molecule has 0 atom stereocenters. The summed E-state index contributed by atoms with van der Waals surface area (Å²) in [5.41, 5.74) is 1.99. The van der Waals surface area contributed by atoms with E-state index in [-0.39, 0.29) is 11.6 Å². The Kier molecular flexibility index (Phi) is 3.84. The largest absolute Gasteiger partial charge is 0.486 e. The van der Waals surface area contributed by atoms with Gasteiger partial charge in [-0.05, 0) is 25.1 Å². The summed E-state index contributed by atoms with van der Waals surface area (Å²) in [5.74, 6) is -0.0910. The van der Waals surface area contributed by atoms with E-state index in [1.165, 1.54) is 6.07 Å². The number of hydrogen-bond acceptors (Lipinski definition) is 1. The molecule has 0 aliphatic heterocycles. The lowest BCUT2D eigenvalue weighted by Crippen LogP contribution is -1.96. The number of halogens is 2. The van der Waals surface area contributed by atoms with E-state index in [0.29, 0.717) is 11.6 Å². The molecule has 1 heterocycles. The minimum Gasteiger partial charge on any atom is -0.486 e. The summed E-state index contributed by atoms with van der Waals surface area (Å²) in [6.07, 6.45) is 2.01. The van der Waals surface area contributed by atoms with Crippen molar-refractivity contribution in [3.05, 3.63) is 65.1 Å². The van der Waals surface area contributed by atoms with Gasteiger partial charge in [-0.25, -0.2) is 4.39 Å². The lowest BCUT2D eigenvalue weighted by molar-refractivity contribution is 0.291. The summed E-state index contributed by atoms with van der Waals surface area (Å²) >= 11 is 6.28. The molecular formula is C17H15ClFNO. The molecule has 108 valence electrons. The Morgan fingerprint density at radius 2 is 1.95 bits per heavy atom. The van der Waals surface area contributed by atoms with E-state index >= 15 is 0 Å². The third-order valence-electron chi connectivity index (χ3n) is 3.49. The third-order valence-corrected chi connectivity index (χ3v) is 3.80. The maximum absolute atomic E-state index is 13.6. The van der Waals surface area contributed by atoms with Gasteiger partial charge in [0, 0.05) is 23.7 Å². The lowest BCUT2D eigenvalue weighted by Gasteiger charge is -2.06. The summed E-state index contributed by atoms with van der Waals surface area (Å²) in [5, 5.41) is 1.76. The minimum atomic E-state index is -0.352. The SMILES string of the molecule is CCn1cc(COc2ccccc2F)c2cccc(Cl)c21. The maximum atomic E-state index is 13.6. The first-order valence-electron chi connectivity index (χ1n) is 6.84. The molecule has 0 N–H and O–H groups in total. The molecule has 0 radical (unpaired) electrons. The molecule has 0 fully saturated rings. The summed E-state index contributed by atoms with van der Waals surface area (Å²) in [6, 6.07) is 12.2. The molecule has 0 aliphatic carbocycles. The standard InChI is InChI=1S/C17H15ClFNO/c1-2-20-10-12(13-6-5-7-14(18)17(13)20)11-21-16-9-4-3-8-15(16)19/h3-10H,2,11H2,1H3. The molecular weight excluding hydrogens is 289 g/mol. The highest BCUT2D eigenvalue weighted by Gasteiger charge is 2.11. The molecule has 0 spiro atoms. The van der Waals surface area contributed by atoms with Gasteiger partial charge in [0.2, 0.25) is 0 Å². The molecule has 3 aromatic rings. The van der Waals surface area contributed by atoms with Gasteiger partial charge in [-0.1, -0.05) is 35.9 Å². The zero-order valence-electron chi connectivity index (χ0n) is 11.6. The van der Waals surface area contributed by atoms with E-state index in [9.17, 15) is 4.39 Å². The predicted molar refractivity (Wildman–Crippen MR) is 83.4 cm³/mol. The third kappa shape index (κ3) is 2.61. The van der Waals surface area contributed by atoms with Crippen molar-refractivity contribution >= 4 is 22.5 Å². The Morgan fingerprint density at radius 3 is 2.71 bits per heavy atom. The van der Waals surface area contributed by atoms with Gasteiger partial charge < -0.3 is 9.30 Å². The van der Waals surface area contributed by atoms with Crippen LogP contribution in [0.4, 0.5) is 4.39 Å². The van der Waals surface area contributed by atoms with Crippen LogP contribution in [0.25, 0.3) is 10.9 Å². The predicted octanol–water partition coefficient (Wildman–Crippen LogP) is 5.03. The van der Waals surface area contributed by atoms with Crippen molar-refractivity contribution in [1.29, 1.82) is 0 Å². The highest BCUT2D eigenvalue weighted by molar-refractivity contribution is 6.35. The second kappa shape index (κ2) is 5.78.